The fraction of sp³-hybridized carbons (Fsp3) is 0.857. The average molecular weight is 286 g/mol. The third-order valence-electron chi connectivity index (χ3n) is 3.70. The minimum atomic E-state index is -0.225. The van der Waals surface area contributed by atoms with Gasteiger partial charge in [-0.15, -0.1) is 0 Å². The molecule has 0 aromatic rings. The summed E-state index contributed by atoms with van der Waals surface area (Å²) in [6, 6.07) is 0. The molecule has 1 aliphatic carbocycles. The van der Waals surface area contributed by atoms with Crippen LogP contribution in [0.3, 0.4) is 0 Å². The number of hydrogen-bond donors (Lipinski definition) is 0. The Kier molecular flexibility index (Phi) is 5.79. The summed E-state index contributed by atoms with van der Waals surface area (Å²) in [6.45, 7) is 3.42. The molecule has 2 fully saturated rings. The summed E-state index contributed by atoms with van der Waals surface area (Å²) in [5.41, 5.74) is 0. The van der Waals surface area contributed by atoms with Gasteiger partial charge in [-0.05, 0) is 32.6 Å². The summed E-state index contributed by atoms with van der Waals surface area (Å²) in [4.78, 5) is 23.5. The van der Waals surface area contributed by atoms with Crippen molar-refractivity contribution in [3.63, 3.8) is 0 Å². The first-order valence-electron chi connectivity index (χ1n) is 7.23. The summed E-state index contributed by atoms with van der Waals surface area (Å²) in [7, 11) is 0. The van der Waals surface area contributed by atoms with Crippen molar-refractivity contribution in [1.82, 2.24) is 0 Å². The molecule has 0 N–H and O–H groups in total. The Morgan fingerprint density at radius 3 is 2.10 bits per heavy atom. The number of ether oxygens (including phenoxy) is 4. The fourth-order valence-electron chi connectivity index (χ4n) is 2.32. The number of esters is 2. The maximum absolute atomic E-state index is 11.8. The molecule has 1 saturated heterocycles. The van der Waals surface area contributed by atoms with E-state index in [9.17, 15) is 9.59 Å². The quantitative estimate of drug-likeness (QED) is 0.304. The molecule has 1 atom stereocenters. The van der Waals surface area contributed by atoms with Gasteiger partial charge in [0.05, 0.1) is 18.4 Å². The van der Waals surface area contributed by atoms with Crippen molar-refractivity contribution in [2.75, 3.05) is 26.6 Å². The van der Waals surface area contributed by atoms with E-state index in [0.29, 0.717) is 45.5 Å². The average Bonchev–Trinajstić information content (AvgIpc) is 3.29. The summed E-state index contributed by atoms with van der Waals surface area (Å²) in [6.07, 6.45) is 2.80. The van der Waals surface area contributed by atoms with E-state index in [1.807, 2.05) is 6.92 Å². The molecule has 0 spiro atoms. The first kappa shape index (κ1) is 15.3. The number of carbonyl (C=O) groups is 2. The number of epoxide rings is 1. The van der Waals surface area contributed by atoms with Crippen LogP contribution in [0.4, 0.5) is 0 Å². The lowest BCUT2D eigenvalue weighted by molar-refractivity contribution is -0.164. The maximum Gasteiger partial charge on any atom is 0.311 e. The molecule has 2 rings (SSSR count). The summed E-state index contributed by atoms with van der Waals surface area (Å²) in [5, 5.41) is 0. The van der Waals surface area contributed by atoms with Crippen molar-refractivity contribution < 1.29 is 28.5 Å². The largest absolute Gasteiger partial charge is 0.463 e. The van der Waals surface area contributed by atoms with Crippen LogP contribution in [-0.4, -0.2) is 44.7 Å². The second kappa shape index (κ2) is 7.59. The molecule has 6 heteroatoms. The smallest absolute Gasteiger partial charge is 0.311 e. The van der Waals surface area contributed by atoms with E-state index >= 15 is 0 Å². The highest BCUT2D eigenvalue weighted by atomic mass is 16.7. The van der Waals surface area contributed by atoms with Crippen LogP contribution in [-0.2, 0) is 28.5 Å². The first-order valence-corrected chi connectivity index (χ1v) is 7.23. The maximum atomic E-state index is 11.8. The van der Waals surface area contributed by atoms with Crippen molar-refractivity contribution in [2.24, 2.45) is 11.8 Å². The number of carbonyl (C=O) groups excluding carboxylic acids is 2. The molecule has 114 valence electrons. The fourth-order valence-corrected chi connectivity index (χ4v) is 2.32. The van der Waals surface area contributed by atoms with E-state index in [0.717, 1.165) is 0 Å². The molecule has 6 nitrogen and oxygen atoms in total. The molecule has 0 aromatic carbocycles. The summed E-state index contributed by atoms with van der Waals surface area (Å²) in [5.74, 6) is -0.603. The minimum Gasteiger partial charge on any atom is -0.463 e. The molecule has 1 aliphatic heterocycles. The Labute approximate surface area is 118 Å². The van der Waals surface area contributed by atoms with Gasteiger partial charge in [-0.25, -0.2) is 0 Å². The van der Waals surface area contributed by atoms with Crippen molar-refractivity contribution in [3.8, 4) is 0 Å². The van der Waals surface area contributed by atoms with E-state index in [1.54, 1.807) is 0 Å². The predicted molar refractivity (Wildman–Crippen MR) is 68.7 cm³/mol. The molecule has 1 saturated carbocycles. The monoisotopic (exact) mass is 286 g/mol. The Morgan fingerprint density at radius 2 is 1.60 bits per heavy atom. The molecule has 20 heavy (non-hydrogen) atoms. The van der Waals surface area contributed by atoms with Crippen LogP contribution in [0.1, 0.15) is 32.6 Å². The second-order valence-electron chi connectivity index (χ2n) is 5.21. The van der Waals surface area contributed by atoms with E-state index in [1.165, 1.54) is 0 Å². The third-order valence-corrected chi connectivity index (χ3v) is 3.70. The highest BCUT2D eigenvalue weighted by Crippen LogP contribution is 2.30. The van der Waals surface area contributed by atoms with Crippen LogP contribution in [0.2, 0.25) is 0 Å². The lowest BCUT2D eigenvalue weighted by Crippen LogP contribution is -2.29. The highest BCUT2D eigenvalue weighted by Gasteiger charge is 2.33. The molecule has 2 aliphatic rings. The molecule has 1 unspecified atom stereocenters. The predicted octanol–water partition coefficient (Wildman–Crippen LogP) is 1.27. The Morgan fingerprint density at radius 1 is 1.05 bits per heavy atom. The zero-order valence-electron chi connectivity index (χ0n) is 11.8. The van der Waals surface area contributed by atoms with Crippen LogP contribution in [0.15, 0.2) is 0 Å². The second-order valence-corrected chi connectivity index (χ2v) is 5.21. The van der Waals surface area contributed by atoms with Crippen LogP contribution >= 0.6 is 0 Å². The van der Waals surface area contributed by atoms with Crippen molar-refractivity contribution >= 4 is 11.9 Å². The van der Waals surface area contributed by atoms with Crippen LogP contribution in [0.5, 0.6) is 0 Å². The molecule has 0 radical (unpaired) electrons. The number of hydrogen-bond acceptors (Lipinski definition) is 6. The molecule has 1 heterocycles. The van der Waals surface area contributed by atoms with Gasteiger partial charge in [0.25, 0.3) is 0 Å². The van der Waals surface area contributed by atoms with E-state index in [2.05, 4.69) is 0 Å². The van der Waals surface area contributed by atoms with Crippen LogP contribution < -0.4 is 0 Å². The van der Waals surface area contributed by atoms with E-state index < -0.39 is 0 Å². The minimum absolute atomic E-state index is 0.0126. The summed E-state index contributed by atoms with van der Waals surface area (Å²) < 4.78 is 20.2. The normalized spacial score (nSPS) is 28.8. The Hall–Kier alpha value is -1.14. The number of rotatable bonds is 7. The zero-order chi connectivity index (χ0) is 14.4. The van der Waals surface area contributed by atoms with Crippen molar-refractivity contribution in [3.05, 3.63) is 0 Å². The molecule has 0 bridgehead atoms. The lowest BCUT2D eigenvalue weighted by atomic mass is 9.82. The van der Waals surface area contributed by atoms with E-state index in [4.69, 9.17) is 18.9 Å². The van der Waals surface area contributed by atoms with Gasteiger partial charge in [0.15, 0.2) is 6.79 Å². The SMILES string of the molecule is CCOCOC(=O)C1CCC(C(=O)OCC2CO2)CC1. The van der Waals surface area contributed by atoms with Gasteiger partial charge in [-0.1, -0.05) is 0 Å². The topological polar surface area (TPSA) is 74.4 Å². The Bertz CT molecular complexity index is 331. The molecular formula is C14H22O6. The van der Waals surface area contributed by atoms with Gasteiger partial charge >= 0.3 is 11.9 Å². The van der Waals surface area contributed by atoms with Gasteiger partial charge in [-0.3, -0.25) is 9.59 Å². The standard InChI is InChI=1S/C14H22O6/c1-2-17-9-20-14(16)11-5-3-10(4-6-11)13(15)19-8-12-7-18-12/h10-12H,2-9H2,1H3. The molecule has 0 amide bonds. The van der Waals surface area contributed by atoms with Crippen molar-refractivity contribution in [2.45, 2.75) is 38.7 Å². The lowest BCUT2D eigenvalue weighted by Gasteiger charge is -2.25. The van der Waals surface area contributed by atoms with Crippen LogP contribution in [0.25, 0.3) is 0 Å². The molecule has 0 aromatic heterocycles. The summed E-state index contributed by atoms with van der Waals surface area (Å²) >= 11 is 0. The van der Waals surface area contributed by atoms with Gasteiger partial charge < -0.3 is 18.9 Å². The van der Waals surface area contributed by atoms with Crippen LogP contribution in [0, 0.1) is 11.8 Å². The van der Waals surface area contributed by atoms with Gasteiger partial charge in [0, 0.05) is 6.61 Å². The third kappa shape index (κ3) is 4.76. The van der Waals surface area contributed by atoms with Gasteiger partial charge in [-0.2, -0.15) is 0 Å². The Balaban J connectivity index is 1.63. The van der Waals surface area contributed by atoms with Crippen molar-refractivity contribution in [1.29, 1.82) is 0 Å². The highest BCUT2D eigenvalue weighted by molar-refractivity contribution is 5.75. The van der Waals surface area contributed by atoms with Gasteiger partial charge in [0.1, 0.15) is 12.7 Å². The zero-order valence-corrected chi connectivity index (χ0v) is 11.8. The van der Waals surface area contributed by atoms with Gasteiger partial charge in [0.2, 0.25) is 0 Å². The molecular weight excluding hydrogens is 264 g/mol. The van der Waals surface area contributed by atoms with E-state index in [-0.39, 0.29) is 36.7 Å². The first-order chi connectivity index (χ1) is 9.70.